The van der Waals surface area contributed by atoms with Crippen molar-refractivity contribution in [3.8, 4) is 0 Å². The largest absolute Gasteiger partial charge is 0.479 e. The van der Waals surface area contributed by atoms with Gasteiger partial charge in [0.2, 0.25) is 0 Å². The Balaban J connectivity index is 2.21. The van der Waals surface area contributed by atoms with Crippen molar-refractivity contribution in [2.24, 2.45) is 0 Å². The van der Waals surface area contributed by atoms with Gasteiger partial charge in [0.25, 0.3) is 5.91 Å². The van der Waals surface area contributed by atoms with E-state index in [1.807, 2.05) is 0 Å². The van der Waals surface area contributed by atoms with E-state index in [9.17, 15) is 14.7 Å². The second-order valence-corrected chi connectivity index (χ2v) is 4.45. The van der Waals surface area contributed by atoms with Gasteiger partial charge in [-0.3, -0.25) is 9.78 Å². The van der Waals surface area contributed by atoms with Crippen LogP contribution >= 0.6 is 11.6 Å². The van der Waals surface area contributed by atoms with E-state index in [0.29, 0.717) is 10.6 Å². The number of amides is 1. The predicted molar refractivity (Wildman–Crippen MR) is 73.5 cm³/mol. The molecule has 2 rings (SSSR count). The lowest BCUT2D eigenvalue weighted by atomic mass is 10.1. The molecule has 5 nitrogen and oxygen atoms in total. The molecule has 1 heterocycles. The molecule has 102 valence electrons. The number of aromatic nitrogens is 1. The summed E-state index contributed by atoms with van der Waals surface area (Å²) in [4.78, 5) is 27.1. The van der Waals surface area contributed by atoms with Gasteiger partial charge in [0.05, 0.1) is 0 Å². The summed E-state index contributed by atoms with van der Waals surface area (Å²) < 4.78 is 0. The van der Waals surface area contributed by atoms with E-state index in [4.69, 9.17) is 11.6 Å². The summed E-state index contributed by atoms with van der Waals surface area (Å²) in [5, 5.41) is 12.0. The molecule has 0 fully saturated rings. The number of nitrogens with one attached hydrogen (secondary N) is 1. The average Bonchev–Trinajstić information content (AvgIpc) is 2.45. The zero-order valence-corrected chi connectivity index (χ0v) is 11.0. The molecule has 1 aromatic heterocycles. The van der Waals surface area contributed by atoms with E-state index in [0.717, 1.165) is 0 Å². The fourth-order valence-corrected chi connectivity index (χ4v) is 1.83. The highest BCUT2D eigenvalue weighted by Crippen LogP contribution is 2.14. The molecule has 0 aliphatic heterocycles. The van der Waals surface area contributed by atoms with Gasteiger partial charge in [-0.1, -0.05) is 41.9 Å². The molecular weight excluding hydrogens is 280 g/mol. The molecular formula is C14H11ClN2O3. The minimum atomic E-state index is -1.15. The zero-order chi connectivity index (χ0) is 14.5. The summed E-state index contributed by atoms with van der Waals surface area (Å²) >= 11 is 5.77. The highest BCUT2D eigenvalue weighted by atomic mass is 35.5. The highest BCUT2D eigenvalue weighted by Gasteiger charge is 2.22. The van der Waals surface area contributed by atoms with Crippen LogP contribution in [0.1, 0.15) is 22.1 Å². The molecule has 6 heteroatoms. The van der Waals surface area contributed by atoms with Crippen LogP contribution in [0.25, 0.3) is 0 Å². The molecule has 0 aliphatic carbocycles. The van der Waals surface area contributed by atoms with Crippen LogP contribution in [0.3, 0.4) is 0 Å². The second kappa shape index (κ2) is 6.16. The Kier molecular flexibility index (Phi) is 4.32. The Morgan fingerprint density at radius 1 is 1.20 bits per heavy atom. The van der Waals surface area contributed by atoms with E-state index < -0.39 is 17.9 Å². The van der Waals surface area contributed by atoms with Crippen LogP contribution in [0.5, 0.6) is 0 Å². The molecule has 0 unspecified atom stereocenters. The van der Waals surface area contributed by atoms with Crippen LogP contribution in [-0.4, -0.2) is 22.0 Å². The third-order valence-electron chi connectivity index (χ3n) is 2.61. The molecule has 0 saturated carbocycles. The lowest BCUT2D eigenvalue weighted by molar-refractivity contribution is -0.139. The Morgan fingerprint density at radius 3 is 2.50 bits per heavy atom. The molecule has 2 N–H and O–H groups in total. The van der Waals surface area contributed by atoms with Crippen molar-refractivity contribution in [2.75, 3.05) is 0 Å². The minimum Gasteiger partial charge on any atom is -0.479 e. The predicted octanol–water partition coefficient (Wildman–Crippen LogP) is 2.29. The van der Waals surface area contributed by atoms with Crippen molar-refractivity contribution < 1.29 is 14.7 Å². The van der Waals surface area contributed by atoms with Crippen LogP contribution in [-0.2, 0) is 4.79 Å². The molecule has 0 saturated heterocycles. The van der Waals surface area contributed by atoms with E-state index >= 15 is 0 Å². The first-order valence-corrected chi connectivity index (χ1v) is 6.16. The van der Waals surface area contributed by atoms with Gasteiger partial charge in [-0.15, -0.1) is 0 Å². The third kappa shape index (κ3) is 3.33. The molecule has 0 spiro atoms. The summed E-state index contributed by atoms with van der Waals surface area (Å²) in [7, 11) is 0. The zero-order valence-electron chi connectivity index (χ0n) is 10.3. The van der Waals surface area contributed by atoms with Crippen LogP contribution in [0.15, 0.2) is 48.7 Å². The number of carboxylic acids is 1. The number of carbonyl (C=O) groups is 2. The van der Waals surface area contributed by atoms with Crippen molar-refractivity contribution in [1.82, 2.24) is 10.3 Å². The molecule has 1 aromatic carbocycles. The van der Waals surface area contributed by atoms with E-state index in [-0.39, 0.29) is 5.69 Å². The van der Waals surface area contributed by atoms with Crippen LogP contribution in [0.2, 0.25) is 5.02 Å². The number of hydrogen-bond donors (Lipinski definition) is 2. The monoisotopic (exact) mass is 290 g/mol. The van der Waals surface area contributed by atoms with Gasteiger partial charge >= 0.3 is 5.97 Å². The fraction of sp³-hybridized carbons (Fsp3) is 0.0714. The molecule has 1 amide bonds. The lowest BCUT2D eigenvalue weighted by Gasteiger charge is -2.14. The maximum atomic E-state index is 12.0. The first kappa shape index (κ1) is 14.0. The topological polar surface area (TPSA) is 79.3 Å². The van der Waals surface area contributed by atoms with E-state index in [1.165, 1.54) is 18.3 Å². The SMILES string of the molecule is O=C(N[C@H](C(=O)O)c1ccccc1)c1cc(Cl)ccn1. The number of aliphatic carboxylic acids is 1. The molecule has 20 heavy (non-hydrogen) atoms. The Labute approximate surface area is 120 Å². The number of carbonyl (C=O) groups excluding carboxylic acids is 1. The van der Waals surface area contributed by atoms with Gasteiger partial charge in [-0.2, -0.15) is 0 Å². The van der Waals surface area contributed by atoms with Gasteiger partial charge in [0.15, 0.2) is 6.04 Å². The minimum absolute atomic E-state index is 0.0691. The third-order valence-corrected chi connectivity index (χ3v) is 2.85. The summed E-state index contributed by atoms with van der Waals surface area (Å²) in [6.07, 6.45) is 1.38. The second-order valence-electron chi connectivity index (χ2n) is 4.01. The quantitative estimate of drug-likeness (QED) is 0.905. The summed E-state index contributed by atoms with van der Waals surface area (Å²) in [5.41, 5.74) is 0.551. The maximum absolute atomic E-state index is 12.0. The first-order valence-electron chi connectivity index (χ1n) is 5.78. The average molecular weight is 291 g/mol. The standard InChI is InChI=1S/C14H11ClN2O3/c15-10-6-7-16-11(8-10)13(18)17-12(14(19)20)9-4-2-1-3-5-9/h1-8,12H,(H,17,18)(H,19,20)/t12-/m0/s1. The van der Waals surface area contributed by atoms with Crippen molar-refractivity contribution >= 4 is 23.5 Å². The fourth-order valence-electron chi connectivity index (χ4n) is 1.67. The van der Waals surface area contributed by atoms with Crippen molar-refractivity contribution in [3.05, 3.63) is 64.9 Å². The first-order chi connectivity index (χ1) is 9.58. The van der Waals surface area contributed by atoms with Crippen molar-refractivity contribution in [3.63, 3.8) is 0 Å². The lowest BCUT2D eigenvalue weighted by Crippen LogP contribution is -2.34. The number of hydrogen-bond acceptors (Lipinski definition) is 3. The smallest absolute Gasteiger partial charge is 0.330 e. The number of pyridine rings is 1. The maximum Gasteiger partial charge on any atom is 0.330 e. The summed E-state index contributed by atoms with van der Waals surface area (Å²) in [6, 6.07) is 10.2. The van der Waals surface area contributed by atoms with Crippen LogP contribution in [0, 0.1) is 0 Å². The Hall–Kier alpha value is -2.40. The van der Waals surface area contributed by atoms with Gasteiger partial charge in [0.1, 0.15) is 5.69 Å². The number of rotatable bonds is 4. The Morgan fingerprint density at radius 2 is 1.90 bits per heavy atom. The van der Waals surface area contributed by atoms with Gasteiger partial charge in [-0.05, 0) is 17.7 Å². The Bertz CT molecular complexity index is 631. The van der Waals surface area contributed by atoms with Gasteiger partial charge < -0.3 is 10.4 Å². The molecule has 0 radical (unpaired) electrons. The highest BCUT2D eigenvalue weighted by molar-refractivity contribution is 6.30. The van der Waals surface area contributed by atoms with Gasteiger partial charge in [0, 0.05) is 11.2 Å². The van der Waals surface area contributed by atoms with Crippen molar-refractivity contribution in [1.29, 1.82) is 0 Å². The van der Waals surface area contributed by atoms with E-state index in [1.54, 1.807) is 30.3 Å². The number of benzene rings is 1. The summed E-state index contributed by atoms with van der Waals surface area (Å²) in [5.74, 6) is -1.74. The molecule has 0 aliphatic rings. The van der Waals surface area contributed by atoms with Crippen molar-refractivity contribution in [2.45, 2.75) is 6.04 Å². The number of halogens is 1. The summed E-state index contributed by atoms with van der Waals surface area (Å²) in [6.45, 7) is 0. The van der Waals surface area contributed by atoms with E-state index in [2.05, 4.69) is 10.3 Å². The molecule has 0 bridgehead atoms. The van der Waals surface area contributed by atoms with Crippen LogP contribution in [0.4, 0.5) is 0 Å². The van der Waals surface area contributed by atoms with Crippen LogP contribution < -0.4 is 5.32 Å². The molecule has 2 aromatic rings. The number of carboxylic acid groups (broad SMARTS) is 1. The number of nitrogens with zero attached hydrogens (tertiary/aromatic N) is 1. The van der Waals surface area contributed by atoms with Gasteiger partial charge in [-0.25, -0.2) is 4.79 Å². The molecule has 1 atom stereocenters. The normalized spacial score (nSPS) is 11.7.